The number of halogens is 3. The maximum absolute atomic E-state index is 12.5. The molecule has 0 aromatic rings. The molecule has 2 heterocycles. The Kier molecular flexibility index (Phi) is 1.60. The summed E-state index contributed by atoms with van der Waals surface area (Å²) in [6, 6.07) is 0. The van der Waals surface area contributed by atoms with Crippen LogP contribution in [0.1, 0.15) is 0 Å². The van der Waals surface area contributed by atoms with E-state index in [0.29, 0.717) is 0 Å². The van der Waals surface area contributed by atoms with Gasteiger partial charge in [-0.15, -0.1) is 0 Å². The fourth-order valence-electron chi connectivity index (χ4n) is 1.12. The molecule has 2 aliphatic heterocycles. The van der Waals surface area contributed by atoms with Gasteiger partial charge in [0.1, 0.15) is 6.10 Å². The zero-order valence-corrected chi connectivity index (χ0v) is 6.71. The Hall–Kier alpha value is -0.360. The average Bonchev–Trinajstić information content (AvgIpc) is 2.67. The minimum atomic E-state index is -4.28. The fraction of sp³-hybridized carbons (Fsp3) is 0.667. The van der Waals surface area contributed by atoms with Crippen molar-refractivity contribution in [1.29, 1.82) is 0 Å². The lowest BCUT2D eigenvalue weighted by molar-refractivity contribution is -0.168. The van der Waals surface area contributed by atoms with Crippen LogP contribution in [0, 0.1) is 0 Å². The van der Waals surface area contributed by atoms with Gasteiger partial charge in [-0.3, -0.25) is 0 Å². The molecule has 2 rings (SSSR count). The van der Waals surface area contributed by atoms with Crippen LogP contribution < -0.4 is 5.32 Å². The molecular weight excluding hydrogens is 191 g/mol. The van der Waals surface area contributed by atoms with Gasteiger partial charge in [-0.1, -0.05) is 11.8 Å². The van der Waals surface area contributed by atoms with Gasteiger partial charge >= 0.3 is 6.18 Å². The molecular formula is C6H6F3NOS. The monoisotopic (exact) mass is 197 g/mol. The highest BCUT2D eigenvalue weighted by atomic mass is 32.2. The van der Waals surface area contributed by atoms with Crippen molar-refractivity contribution >= 4 is 11.8 Å². The third kappa shape index (κ3) is 1.01. The standard InChI is InChI=1S/C6H6F3NOS/c7-6(8,9)5(4-3-11-4)10-1-2-12-5/h1-2,4,10H,3H2/t4?,5-/m0/s1. The third-order valence-electron chi connectivity index (χ3n) is 1.83. The van der Waals surface area contributed by atoms with Gasteiger partial charge in [0, 0.05) is 6.20 Å². The Balaban J connectivity index is 2.22. The third-order valence-corrected chi connectivity index (χ3v) is 3.08. The van der Waals surface area contributed by atoms with E-state index < -0.39 is 17.2 Å². The van der Waals surface area contributed by atoms with Gasteiger partial charge < -0.3 is 10.1 Å². The van der Waals surface area contributed by atoms with Gasteiger partial charge in [0.05, 0.1) is 6.61 Å². The molecule has 2 aliphatic rings. The van der Waals surface area contributed by atoms with E-state index in [2.05, 4.69) is 10.1 Å². The van der Waals surface area contributed by atoms with Gasteiger partial charge in [-0.2, -0.15) is 13.2 Å². The maximum Gasteiger partial charge on any atom is 0.424 e. The van der Waals surface area contributed by atoms with Crippen LogP contribution in [0.3, 0.4) is 0 Å². The quantitative estimate of drug-likeness (QED) is 0.644. The molecule has 0 radical (unpaired) electrons. The maximum atomic E-state index is 12.5. The van der Waals surface area contributed by atoms with Crippen LogP contribution in [0.4, 0.5) is 13.2 Å². The number of hydrogen-bond donors (Lipinski definition) is 1. The summed E-state index contributed by atoms with van der Waals surface area (Å²) in [7, 11) is 0. The highest BCUT2D eigenvalue weighted by Gasteiger charge is 2.65. The van der Waals surface area contributed by atoms with Crippen molar-refractivity contribution in [2.24, 2.45) is 0 Å². The van der Waals surface area contributed by atoms with Crippen LogP contribution in [0.2, 0.25) is 0 Å². The second kappa shape index (κ2) is 2.32. The molecule has 1 unspecified atom stereocenters. The first-order valence-electron chi connectivity index (χ1n) is 3.35. The molecule has 0 aromatic heterocycles. The van der Waals surface area contributed by atoms with E-state index in [1.807, 2.05) is 0 Å². The predicted molar refractivity (Wildman–Crippen MR) is 38.4 cm³/mol. The lowest BCUT2D eigenvalue weighted by Crippen LogP contribution is -2.54. The van der Waals surface area contributed by atoms with Gasteiger partial charge in [0.25, 0.3) is 0 Å². The number of ether oxygens (including phenoxy) is 1. The van der Waals surface area contributed by atoms with Crippen LogP contribution in [0.5, 0.6) is 0 Å². The molecule has 2 nitrogen and oxygen atoms in total. The van der Waals surface area contributed by atoms with Gasteiger partial charge in [-0.05, 0) is 5.41 Å². The lowest BCUT2D eigenvalue weighted by atomic mass is 10.2. The molecule has 0 saturated carbocycles. The molecule has 1 saturated heterocycles. The normalized spacial score (nSPS) is 39.8. The Labute approximate surface area is 71.1 Å². The van der Waals surface area contributed by atoms with E-state index >= 15 is 0 Å². The van der Waals surface area contributed by atoms with Gasteiger partial charge in [-0.25, -0.2) is 0 Å². The lowest BCUT2D eigenvalue weighted by Gasteiger charge is -2.29. The van der Waals surface area contributed by atoms with Crippen molar-refractivity contribution in [3.05, 3.63) is 11.6 Å². The summed E-state index contributed by atoms with van der Waals surface area (Å²) in [4.78, 5) is -1.92. The predicted octanol–water partition coefficient (Wildman–Crippen LogP) is 1.45. The highest BCUT2D eigenvalue weighted by Crippen LogP contribution is 2.49. The van der Waals surface area contributed by atoms with Crippen molar-refractivity contribution in [3.8, 4) is 0 Å². The molecule has 1 N–H and O–H groups in total. The molecule has 0 aromatic carbocycles. The first-order valence-corrected chi connectivity index (χ1v) is 4.23. The molecule has 0 aliphatic carbocycles. The van der Waals surface area contributed by atoms with Crippen molar-refractivity contribution in [1.82, 2.24) is 5.32 Å². The number of rotatable bonds is 1. The Morgan fingerprint density at radius 1 is 1.58 bits per heavy atom. The largest absolute Gasteiger partial charge is 0.424 e. The highest BCUT2D eigenvalue weighted by molar-refractivity contribution is 8.03. The minimum absolute atomic E-state index is 0.182. The minimum Gasteiger partial charge on any atom is -0.369 e. The topological polar surface area (TPSA) is 24.6 Å². The summed E-state index contributed by atoms with van der Waals surface area (Å²) < 4.78 is 42.2. The number of nitrogens with one attached hydrogen (secondary N) is 1. The van der Waals surface area contributed by atoms with Crippen molar-refractivity contribution < 1.29 is 17.9 Å². The second-order valence-corrected chi connectivity index (χ2v) is 3.77. The summed E-state index contributed by atoms with van der Waals surface area (Å²) in [6.07, 6.45) is -3.71. The van der Waals surface area contributed by atoms with E-state index in [1.54, 1.807) is 0 Å². The summed E-state index contributed by atoms with van der Waals surface area (Å²) in [5.74, 6) is 0. The van der Waals surface area contributed by atoms with Crippen molar-refractivity contribution in [3.63, 3.8) is 0 Å². The molecule has 2 atom stereocenters. The Morgan fingerprint density at radius 3 is 2.58 bits per heavy atom. The smallest absolute Gasteiger partial charge is 0.369 e. The summed E-state index contributed by atoms with van der Waals surface area (Å²) in [5, 5.41) is 3.70. The van der Waals surface area contributed by atoms with Crippen LogP contribution >= 0.6 is 11.8 Å². The zero-order valence-electron chi connectivity index (χ0n) is 5.89. The number of epoxide rings is 1. The fourth-order valence-corrected chi connectivity index (χ4v) is 2.02. The second-order valence-electron chi connectivity index (χ2n) is 2.62. The number of hydrogen-bond acceptors (Lipinski definition) is 3. The van der Waals surface area contributed by atoms with Gasteiger partial charge in [0.15, 0.2) is 0 Å². The molecule has 12 heavy (non-hydrogen) atoms. The SMILES string of the molecule is FC(F)(F)[C@@]1(C2CO2)NC=CS1. The molecule has 6 heteroatoms. The summed E-state index contributed by atoms with van der Waals surface area (Å²) in [5.41, 5.74) is 0. The van der Waals surface area contributed by atoms with Crippen molar-refractivity contribution in [2.75, 3.05) is 6.61 Å². The Bertz CT molecular complexity index is 215. The van der Waals surface area contributed by atoms with Crippen molar-refractivity contribution in [2.45, 2.75) is 17.2 Å². The van der Waals surface area contributed by atoms with E-state index in [4.69, 9.17) is 0 Å². The summed E-state index contributed by atoms with van der Waals surface area (Å²) >= 11 is 0.726. The van der Waals surface area contributed by atoms with Crippen LogP contribution in [0.25, 0.3) is 0 Å². The van der Waals surface area contributed by atoms with E-state index in [0.717, 1.165) is 11.8 Å². The van der Waals surface area contributed by atoms with Gasteiger partial charge in [0.2, 0.25) is 4.87 Å². The van der Waals surface area contributed by atoms with Crippen LogP contribution in [-0.2, 0) is 4.74 Å². The van der Waals surface area contributed by atoms with E-state index in [9.17, 15) is 13.2 Å². The molecule has 0 spiro atoms. The molecule has 1 fully saturated rings. The number of thioether (sulfide) groups is 1. The molecule has 0 amide bonds. The first kappa shape index (κ1) is 8.25. The summed E-state index contributed by atoms with van der Waals surface area (Å²) in [6.45, 7) is 0.182. The zero-order chi connectivity index (χ0) is 8.82. The Morgan fingerprint density at radius 2 is 2.25 bits per heavy atom. The van der Waals surface area contributed by atoms with E-state index in [-0.39, 0.29) is 6.61 Å². The van der Waals surface area contributed by atoms with Crippen LogP contribution in [-0.4, -0.2) is 23.8 Å². The number of alkyl halides is 3. The first-order chi connectivity index (χ1) is 5.56. The molecule has 68 valence electrons. The molecule has 0 bridgehead atoms. The van der Waals surface area contributed by atoms with E-state index in [1.165, 1.54) is 11.6 Å². The van der Waals surface area contributed by atoms with Crippen LogP contribution in [0.15, 0.2) is 11.6 Å². The average molecular weight is 197 g/mol.